The molecule has 4 nitrogen and oxygen atoms in total. The van der Waals surface area contributed by atoms with Crippen LogP contribution in [-0.2, 0) is 13.0 Å². The number of aromatic nitrogens is 3. The number of fused-ring (bicyclic) bond motifs is 1. The molecule has 0 spiro atoms. The van der Waals surface area contributed by atoms with Gasteiger partial charge in [-0.05, 0) is 23.4 Å². The summed E-state index contributed by atoms with van der Waals surface area (Å²) in [5.74, 6) is 1.33. The topological polar surface area (TPSA) is 43.9 Å². The zero-order chi connectivity index (χ0) is 12.5. The zero-order valence-corrected chi connectivity index (χ0v) is 10.6. The van der Waals surface area contributed by atoms with E-state index in [-0.39, 0.29) is 0 Å². The molecule has 0 amide bonds. The van der Waals surface area contributed by atoms with Crippen LogP contribution in [0.3, 0.4) is 0 Å². The number of para-hydroxylation sites is 1. The molecule has 0 N–H and O–H groups in total. The van der Waals surface area contributed by atoms with Gasteiger partial charge in [-0.3, -0.25) is 0 Å². The molecule has 0 saturated carbocycles. The molecule has 3 rings (SSSR count). The minimum Gasteiger partial charge on any atom is -0.340 e. The van der Waals surface area contributed by atoms with Crippen LogP contribution in [0.4, 0.5) is 0 Å². The highest BCUT2D eigenvalue weighted by atomic mass is 16.5. The van der Waals surface area contributed by atoms with Gasteiger partial charge in [0.25, 0.3) is 0 Å². The van der Waals surface area contributed by atoms with Crippen molar-refractivity contribution in [1.29, 1.82) is 0 Å². The first-order valence-electron chi connectivity index (χ1n) is 6.14. The Morgan fingerprint density at radius 3 is 2.89 bits per heavy atom. The monoisotopic (exact) mass is 241 g/mol. The maximum Gasteiger partial charge on any atom is 0.223 e. The molecule has 2 heterocycles. The van der Waals surface area contributed by atoms with Gasteiger partial charge in [0.2, 0.25) is 5.89 Å². The molecule has 1 aromatic carbocycles. The van der Waals surface area contributed by atoms with Gasteiger partial charge in [-0.25, -0.2) is 0 Å². The first kappa shape index (κ1) is 11.0. The molecule has 0 aliphatic carbocycles. The van der Waals surface area contributed by atoms with Crippen LogP contribution < -0.4 is 0 Å². The van der Waals surface area contributed by atoms with E-state index in [1.54, 1.807) is 0 Å². The summed E-state index contributed by atoms with van der Waals surface area (Å²) in [7, 11) is 0. The van der Waals surface area contributed by atoms with Crippen LogP contribution in [0.5, 0.6) is 0 Å². The molecule has 3 aromatic rings. The van der Waals surface area contributed by atoms with Crippen molar-refractivity contribution in [3.63, 3.8) is 0 Å². The molecule has 92 valence electrons. The van der Waals surface area contributed by atoms with Crippen LogP contribution in [0.15, 0.2) is 35.0 Å². The number of aryl methyl sites for hydroxylation is 2. The lowest BCUT2D eigenvalue weighted by Gasteiger charge is -2.06. The lowest BCUT2D eigenvalue weighted by Crippen LogP contribution is -2.01. The van der Waals surface area contributed by atoms with Crippen molar-refractivity contribution >= 4 is 10.9 Å². The molecule has 0 aliphatic heterocycles. The van der Waals surface area contributed by atoms with Crippen LogP contribution in [0.2, 0.25) is 0 Å². The molecule has 0 radical (unpaired) electrons. The Balaban J connectivity index is 2.06. The smallest absolute Gasteiger partial charge is 0.223 e. The lowest BCUT2D eigenvalue weighted by atomic mass is 10.1. The molecular formula is C14H15N3O. The number of hydrogen-bond acceptors (Lipinski definition) is 3. The Kier molecular flexibility index (Phi) is 2.63. The van der Waals surface area contributed by atoms with Crippen molar-refractivity contribution in [3.8, 4) is 0 Å². The minimum atomic E-state index is 0.608. The van der Waals surface area contributed by atoms with Crippen molar-refractivity contribution in [2.24, 2.45) is 0 Å². The van der Waals surface area contributed by atoms with E-state index < -0.39 is 0 Å². The van der Waals surface area contributed by atoms with Crippen LogP contribution in [0.1, 0.15) is 24.2 Å². The quantitative estimate of drug-likeness (QED) is 0.708. The molecule has 0 atom stereocenters. The number of nitrogens with zero attached hydrogens (tertiary/aromatic N) is 3. The van der Waals surface area contributed by atoms with Gasteiger partial charge in [0.15, 0.2) is 5.82 Å². The van der Waals surface area contributed by atoms with Crippen molar-refractivity contribution in [2.75, 3.05) is 0 Å². The number of benzene rings is 1. The van der Waals surface area contributed by atoms with Gasteiger partial charge in [0.05, 0.1) is 12.1 Å². The predicted molar refractivity (Wildman–Crippen MR) is 69.5 cm³/mol. The standard InChI is InChI=1S/C14H15N3O/c1-3-11-5-4-6-12-7-8-17(14(11)12)9-13-15-10(2)18-16-13/h4-8H,3,9H2,1-2H3. The van der Waals surface area contributed by atoms with Crippen molar-refractivity contribution < 1.29 is 4.52 Å². The third-order valence-electron chi connectivity index (χ3n) is 3.13. The molecule has 0 saturated heterocycles. The molecule has 0 bridgehead atoms. The molecule has 4 heteroatoms. The van der Waals surface area contributed by atoms with Gasteiger partial charge in [-0.2, -0.15) is 4.98 Å². The van der Waals surface area contributed by atoms with E-state index in [0.717, 1.165) is 12.2 Å². The van der Waals surface area contributed by atoms with E-state index in [9.17, 15) is 0 Å². The van der Waals surface area contributed by atoms with E-state index in [1.807, 2.05) is 6.92 Å². The predicted octanol–water partition coefficient (Wildman–Crippen LogP) is 2.94. The highest BCUT2D eigenvalue weighted by Gasteiger charge is 2.08. The Morgan fingerprint density at radius 2 is 2.17 bits per heavy atom. The zero-order valence-electron chi connectivity index (χ0n) is 10.6. The highest BCUT2D eigenvalue weighted by molar-refractivity contribution is 5.83. The molecule has 18 heavy (non-hydrogen) atoms. The second kappa shape index (κ2) is 4.29. The third kappa shape index (κ3) is 1.79. The lowest BCUT2D eigenvalue weighted by molar-refractivity contribution is 0.386. The van der Waals surface area contributed by atoms with E-state index in [1.165, 1.54) is 16.5 Å². The first-order chi connectivity index (χ1) is 8.78. The Bertz CT molecular complexity index is 681. The Morgan fingerprint density at radius 1 is 1.28 bits per heavy atom. The fourth-order valence-corrected chi connectivity index (χ4v) is 2.32. The fraction of sp³-hybridized carbons (Fsp3) is 0.286. The Hall–Kier alpha value is -2.10. The Labute approximate surface area is 105 Å². The van der Waals surface area contributed by atoms with Gasteiger partial charge in [-0.1, -0.05) is 30.3 Å². The van der Waals surface area contributed by atoms with Gasteiger partial charge in [0, 0.05) is 13.1 Å². The second-order valence-electron chi connectivity index (χ2n) is 4.38. The summed E-state index contributed by atoms with van der Waals surface area (Å²) in [5.41, 5.74) is 2.61. The second-order valence-corrected chi connectivity index (χ2v) is 4.38. The van der Waals surface area contributed by atoms with Gasteiger partial charge in [-0.15, -0.1) is 0 Å². The van der Waals surface area contributed by atoms with Crippen LogP contribution >= 0.6 is 0 Å². The SMILES string of the molecule is CCc1cccc2ccn(Cc3noc(C)n3)c12. The first-order valence-corrected chi connectivity index (χ1v) is 6.14. The number of rotatable bonds is 3. The van der Waals surface area contributed by atoms with Crippen LogP contribution in [0.25, 0.3) is 10.9 Å². The summed E-state index contributed by atoms with van der Waals surface area (Å²) in [6.45, 7) is 4.63. The van der Waals surface area contributed by atoms with E-state index in [2.05, 4.69) is 52.1 Å². The van der Waals surface area contributed by atoms with E-state index in [4.69, 9.17) is 4.52 Å². The molecular weight excluding hydrogens is 226 g/mol. The summed E-state index contributed by atoms with van der Waals surface area (Å²) in [5, 5.41) is 5.20. The maximum absolute atomic E-state index is 5.01. The summed E-state index contributed by atoms with van der Waals surface area (Å²) < 4.78 is 7.19. The largest absolute Gasteiger partial charge is 0.340 e. The minimum absolute atomic E-state index is 0.608. The molecule has 2 aromatic heterocycles. The van der Waals surface area contributed by atoms with Gasteiger partial charge in [0.1, 0.15) is 0 Å². The summed E-state index contributed by atoms with van der Waals surface area (Å²) >= 11 is 0. The average molecular weight is 241 g/mol. The molecule has 0 unspecified atom stereocenters. The van der Waals surface area contributed by atoms with Crippen LogP contribution in [-0.4, -0.2) is 14.7 Å². The van der Waals surface area contributed by atoms with Gasteiger partial charge < -0.3 is 9.09 Å². The van der Waals surface area contributed by atoms with Crippen LogP contribution in [0, 0.1) is 6.92 Å². The molecule has 0 fully saturated rings. The van der Waals surface area contributed by atoms with Crippen molar-refractivity contribution in [1.82, 2.24) is 14.7 Å². The summed E-state index contributed by atoms with van der Waals surface area (Å²) in [6.07, 6.45) is 3.10. The maximum atomic E-state index is 5.01. The normalized spacial score (nSPS) is 11.2. The third-order valence-corrected chi connectivity index (χ3v) is 3.13. The van der Waals surface area contributed by atoms with Crippen molar-refractivity contribution in [3.05, 3.63) is 47.7 Å². The van der Waals surface area contributed by atoms with Gasteiger partial charge >= 0.3 is 0 Å². The average Bonchev–Trinajstić information content (AvgIpc) is 2.97. The molecule has 0 aliphatic rings. The van der Waals surface area contributed by atoms with E-state index in [0.29, 0.717) is 12.4 Å². The number of hydrogen-bond donors (Lipinski definition) is 0. The fourth-order valence-electron chi connectivity index (χ4n) is 2.32. The summed E-state index contributed by atoms with van der Waals surface area (Å²) in [4.78, 5) is 4.25. The van der Waals surface area contributed by atoms with E-state index >= 15 is 0 Å². The summed E-state index contributed by atoms with van der Waals surface area (Å²) in [6, 6.07) is 8.53. The van der Waals surface area contributed by atoms with Crippen molar-refractivity contribution in [2.45, 2.75) is 26.8 Å². The highest BCUT2D eigenvalue weighted by Crippen LogP contribution is 2.21.